The fraction of sp³-hybridized carbons (Fsp3) is 0. The van der Waals surface area contributed by atoms with E-state index in [1.165, 1.54) is 11.5 Å². The Morgan fingerprint density at radius 3 is 2.85 bits per heavy atom. The lowest BCUT2D eigenvalue weighted by Crippen LogP contribution is -1.95. The van der Waals surface area contributed by atoms with E-state index in [-0.39, 0.29) is 0 Å². The van der Waals surface area contributed by atoms with Gasteiger partial charge in [0, 0.05) is 11.5 Å². The first-order chi connectivity index (χ1) is 9.69. The summed E-state index contributed by atoms with van der Waals surface area (Å²) in [5.74, 6) is 0.569. The molecule has 3 aromatic rings. The van der Waals surface area contributed by atoms with Crippen molar-refractivity contribution in [2.75, 3.05) is 5.73 Å². The van der Waals surface area contributed by atoms with Crippen molar-refractivity contribution in [3.05, 3.63) is 45.5 Å². The van der Waals surface area contributed by atoms with Crippen LogP contribution in [0.5, 0.6) is 10.8 Å². The van der Waals surface area contributed by atoms with Crippen molar-refractivity contribution in [3.8, 4) is 16.9 Å². The second-order valence-corrected chi connectivity index (χ2v) is 5.98. The van der Waals surface area contributed by atoms with Crippen LogP contribution in [0, 0.1) is 14.9 Å². The summed E-state index contributed by atoms with van der Waals surface area (Å²) < 4.78 is 11.0. The molecule has 0 spiro atoms. The average Bonchev–Trinajstić information content (AvgIpc) is 2.86. The van der Waals surface area contributed by atoms with Crippen molar-refractivity contribution in [1.82, 2.24) is 4.37 Å². The van der Waals surface area contributed by atoms with E-state index in [9.17, 15) is 0 Å². The van der Waals surface area contributed by atoms with Gasteiger partial charge in [0.2, 0.25) is 5.06 Å². The van der Waals surface area contributed by atoms with Gasteiger partial charge in [-0.2, -0.15) is 9.64 Å². The van der Waals surface area contributed by atoms with Crippen LogP contribution in [-0.2, 0) is 0 Å². The monoisotopic (exact) mass is 393 g/mol. The highest BCUT2D eigenvalue weighted by molar-refractivity contribution is 14.1. The molecule has 0 bridgehead atoms. The van der Waals surface area contributed by atoms with E-state index in [1.54, 1.807) is 12.1 Å². The number of hydrogen-bond donors (Lipinski definition) is 1. The molecular weight excluding hydrogens is 385 g/mol. The summed E-state index contributed by atoms with van der Waals surface area (Å²) >= 11 is 3.40. The molecule has 0 aliphatic rings. The first kappa shape index (κ1) is 13.1. The molecule has 0 amide bonds. The maximum absolute atomic E-state index is 8.92. The van der Waals surface area contributed by atoms with Gasteiger partial charge in [-0.15, -0.1) is 0 Å². The first-order valence-electron chi connectivity index (χ1n) is 5.70. The minimum absolute atomic E-state index is 0.450. The number of aromatic nitrogens is 1. The fourth-order valence-electron chi connectivity index (χ4n) is 1.82. The van der Waals surface area contributed by atoms with E-state index in [1.807, 2.05) is 24.3 Å². The van der Waals surface area contributed by atoms with E-state index in [2.05, 4.69) is 33.0 Å². The van der Waals surface area contributed by atoms with E-state index >= 15 is 0 Å². The summed E-state index contributed by atoms with van der Waals surface area (Å²) in [5.41, 5.74) is 7.83. The highest BCUT2D eigenvalue weighted by Crippen LogP contribution is 2.38. The summed E-state index contributed by atoms with van der Waals surface area (Å²) in [6.45, 7) is 0. The van der Waals surface area contributed by atoms with Gasteiger partial charge in [0.25, 0.3) is 0 Å². The number of nitrogens with two attached hydrogens (primary N) is 1. The highest BCUT2D eigenvalue weighted by Gasteiger charge is 2.13. The molecule has 0 saturated heterocycles. The summed E-state index contributed by atoms with van der Waals surface area (Å²) in [5, 5.41) is 10.6. The van der Waals surface area contributed by atoms with Gasteiger partial charge in [-0.3, -0.25) is 0 Å². The molecule has 0 fully saturated rings. The number of halogens is 1. The number of nitriles is 1. The lowest BCUT2D eigenvalue weighted by atomic mass is 10.2. The van der Waals surface area contributed by atoms with Crippen LogP contribution in [0.25, 0.3) is 10.9 Å². The zero-order chi connectivity index (χ0) is 14.1. The maximum Gasteiger partial charge on any atom is 0.208 e. The number of fused-ring (bicyclic) bond motifs is 1. The molecule has 20 heavy (non-hydrogen) atoms. The Balaban J connectivity index is 2.06. The standard InChI is InChI=1S/C14H8IN3OS/c15-10-5-8(7-16)6-11(17)13(10)19-14-9-3-1-2-4-12(9)18-20-14/h1-6H,17H2. The number of nitrogen functional groups attached to an aromatic ring is 1. The molecule has 2 aromatic carbocycles. The van der Waals surface area contributed by atoms with Crippen LogP contribution in [0.3, 0.4) is 0 Å². The number of rotatable bonds is 2. The second kappa shape index (κ2) is 5.26. The number of nitrogens with zero attached hydrogens (tertiary/aromatic N) is 2. The molecule has 0 atom stereocenters. The molecule has 3 rings (SSSR count). The minimum atomic E-state index is 0.450. The predicted molar refractivity (Wildman–Crippen MR) is 88.0 cm³/mol. The van der Waals surface area contributed by atoms with E-state index in [0.717, 1.165) is 14.5 Å². The van der Waals surface area contributed by atoms with Crippen molar-refractivity contribution in [3.63, 3.8) is 0 Å². The van der Waals surface area contributed by atoms with Gasteiger partial charge in [-0.05, 0) is 46.9 Å². The average molecular weight is 393 g/mol. The molecule has 0 aliphatic carbocycles. The van der Waals surface area contributed by atoms with Gasteiger partial charge in [0.05, 0.1) is 31.8 Å². The fourth-order valence-corrected chi connectivity index (χ4v) is 3.31. The third kappa shape index (κ3) is 2.30. The predicted octanol–water partition coefficient (Wildman–Crippen LogP) is 4.15. The Labute approximate surface area is 133 Å². The van der Waals surface area contributed by atoms with Crippen LogP contribution in [0.4, 0.5) is 5.69 Å². The minimum Gasteiger partial charge on any atom is -0.441 e. The third-order valence-electron chi connectivity index (χ3n) is 2.75. The molecule has 1 aromatic heterocycles. The lowest BCUT2D eigenvalue weighted by molar-refractivity contribution is 0.500. The molecular formula is C14H8IN3OS. The lowest BCUT2D eigenvalue weighted by Gasteiger charge is -2.09. The smallest absolute Gasteiger partial charge is 0.208 e. The molecule has 0 unspecified atom stereocenters. The molecule has 1 heterocycles. The van der Waals surface area contributed by atoms with Crippen molar-refractivity contribution in [2.24, 2.45) is 0 Å². The molecule has 0 aliphatic heterocycles. The summed E-state index contributed by atoms with van der Waals surface area (Å²) in [7, 11) is 0. The van der Waals surface area contributed by atoms with Crippen LogP contribution >= 0.6 is 34.1 Å². The van der Waals surface area contributed by atoms with Gasteiger partial charge in [-0.1, -0.05) is 12.1 Å². The molecule has 0 radical (unpaired) electrons. The van der Waals surface area contributed by atoms with Crippen LogP contribution in [-0.4, -0.2) is 4.37 Å². The van der Waals surface area contributed by atoms with Crippen molar-refractivity contribution in [2.45, 2.75) is 0 Å². The molecule has 98 valence electrons. The Morgan fingerprint density at radius 2 is 2.10 bits per heavy atom. The Morgan fingerprint density at radius 1 is 1.30 bits per heavy atom. The number of benzene rings is 2. The molecule has 2 N–H and O–H groups in total. The zero-order valence-corrected chi connectivity index (χ0v) is 13.1. The van der Waals surface area contributed by atoms with E-state index < -0.39 is 0 Å². The first-order valence-corrected chi connectivity index (χ1v) is 7.55. The summed E-state index contributed by atoms with van der Waals surface area (Å²) in [4.78, 5) is 0. The molecule has 6 heteroatoms. The van der Waals surface area contributed by atoms with Crippen molar-refractivity contribution in [1.29, 1.82) is 5.26 Å². The largest absolute Gasteiger partial charge is 0.441 e. The van der Waals surface area contributed by atoms with Gasteiger partial charge < -0.3 is 10.5 Å². The highest BCUT2D eigenvalue weighted by atomic mass is 127. The summed E-state index contributed by atoms with van der Waals surface area (Å²) in [6, 6.07) is 13.2. The normalized spacial score (nSPS) is 10.4. The van der Waals surface area contributed by atoms with Gasteiger partial charge >= 0.3 is 0 Å². The van der Waals surface area contributed by atoms with Crippen LogP contribution in [0.1, 0.15) is 5.56 Å². The van der Waals surface area contributed by atoms with E-state index in [0.29, 0.717) is 22.1 Å². The quantitative estimate of drug-likeness (QED) is 0.525. The Kier molecular flexibility index (Phi) is 3.46. The zero-order valence-electron chi connectivity index (χ0n) is 10.1. The van der Waals surface area contributed by atoms with Crippen LogP contribution < -0.4 is 10.5 Å². The third-order valence-corrected chi connectivity index (χ3v) is 4.31. The summed E-state index contributed by atoms with van der Waals surface area (Å²) in [6.07, 6.45) is 0. The number of anilines is 1. The van der Waals surface area contributed by atoms with Crippen LogP contribution in [0.15, 0.2) is 36.4 Å². The number of ether oxygens (including phenoxy) is 1. The molecule has 0 saturated carbocycles. The van der Waals surface area contributed by atoms with Gasteiger partial charge in [0.15, 0.2) is 5.75 Å². The Bertz CT molecular complexity index is 815. The Hall–Kier alpha value is -1.85. The second-order valence-electron chi connectivity index (χ2n) is 4.08. The van der Waals surface area contributed by atoms with Crippen molar-refractivity contribution < 1.29 is 4.74 Å². The molecule has 4 nitrogen and oxygen atoms in total. The van der Waals surface area contributed by atoms with Crippen molar-refractivity contribution >= 4 is 50.7 Å². The van der Waals surface area contributed by atoms with E-state index in [4.69, 9.17) is 15.7 Å². The van der Waals surface area contributed by atoms with Gasteiger partial charge in [0.1, 0.15) is 0 Å². The number of hydrogen-bond acceptors (Lipinski definition) is 5. The van der Waals surface area contributed by atoms with Crippen LogP contribution in [0.2, 0.25) is 0 Å². The maximum atomic E-state index is 8.92. The van der Waals surface area contributed by atoms with Gasteiger partial charge in [-0.25, -0.2) is 0 Å². The SMILES string of the molecule is N#Cc1cc(N)c(Oc2snc3ccccc23)c(I)c1. The topological polar surface area (TPSA) is 71.9 Å².